The zero-order valence-corrected chi connectivity index (χ0v) is 17.1. The van der Waals surface area contributed by atoms with Gasteiger partial charge in [0.15, 0.2) is 0 Å². The number of ether oxygens (including phenoxy) is 1. The lowest BCUT2D eigenvalue weighted by atomic mass is 9.96. The van der Waals surface area contributed by atoms with Crippen molar-refractivity contribution in [1.82, 2.24) is 9.88 Å². The van der Waals surface area contributed by atoms with Crippen molar-refractivity contribution in [1.29, 1.82) is 0 Å². The van der Waals surface area contributed by atoms with Crippen LogP contribution in [0.4, 0.5) is 11.4 Å². The summed E-state index contributed by atoms with van der Waals surface area (Å²) in [5.74, 6) is 0.185. The van der Waals surface area contributed by atoms with Gasteiger partial charge in [-0.15, -0.1) is 0 Å². The number of nitrogens with one attached hydrogen (secondary N) is 2. The molecule has 0 spiro atoms. The van der Waals surface area contributed by atoms with Crippen LogP contribution in [-0.4, -0.2) is 47.9 Å². The minimum Gasteiger partial charge on any atom is -0.481 e. The molecule has 1 saturated heterocycles. The second-order valence-corrected chi connectivity index (χ2v) is 7.54. The lowest BCUT2D eigenvalue weighted by molar-refractivity contribution is -0.121. The molecule has 1 fully saturated rings. The number of anilines is 2. The number of amides is 2. The monoisotopic (exact) mass is 396 g/mol. The van der Waals surface area contributed by atoms with Crippen molar-refractivity contribution < 1.29 is 14.3 Å². The highest BCUT2D eigenvalue weighted by atomic mass is 16.5. The van der Waals surface area contributed by atoms with Gasteiger partial charge < -0.3 is 20.3 Å². The van der Waals surface area contributed by atoms with E-state index in [1.54, 1.807) is 36.4 Å². The van der Waals surface area contributed by atoms with Gasteiger partial charge in [0.2, 0.25) is 11.8 Å². The topological polar surface area (TPSA) is 83.6 Å². The Morgan fingerprint density at radius 2 is 2.00 bits per heavy atom. The molecular weight excluding hydrogens is 368 g/mol. The highest BCUT2D eigenvalue weighted by molar-refractivity contribution is 6.05. The predicted molar refractivity (Wildman–Crippen MR) is 113 cm³/mol. The third-order valence-electron chi connectivity index (χ3n) is 5.15. The van der Waals surface area contributed by atoms with Crippen LogP contribution >= 0.6 is 0 Å². The molecule has 0 bridgehead atoms. The van der Waals surface area contributed by atoms with E-state index >= 15 is 0 Å². The lowest BCUT2D eigenvalue weighted by Crippen LogP contribution is -2.43. The standard InChI is InChI=1S/C22H28N4O3/c1-15(2)26-11-5-7-17(14-26)22(28)24-18-8-4-6-16(12-18)21(27)25-19-9-10-20(29-3)23-13-19/h4,6,8-10,12-13,15,17H,5,7,11,14H2,1-3H3,(H,24,28)(H,25,27). The van der Waals surface area contributed by atoms with Gasteiger partial charge in [-0.2, -0.15) is 0 Å². The fraction of sp³-hybridized carbons (Fsp3) is 0.409. The summed E-state index contributed by atoms with van der Waals surface area (Å²) in [6, 6.07) is 10.8. The molecule has 2 N–H and O–H groups in total. The summed E-state index contributed by atoms with van der Waals surface area (Å²) in [7, 11) is 1.54. The molecule has 29 heavy (non-hydrogen) atoms. The number of piperidine rings is 1. The molecular formula is C22H28N4O3. The molecule has 2 amide bonds. The predicted octanol–water partition coefficient (Wildman–Crippen LogP) is 3.40. The Labute approximate surface area is 171 Å². The Bertz CT molecular complexity index is 851. The van der Waals surface area contributed by atoms with Crippen molar-refractivity contribution in [3.8, 4) is 5.88 Å². The van der Waals surface area contributed by atoms with Crippen LogP contribution < -0.4 is 15.4 Å². The number of likely N-dealkylation sites (tertiary alicyclic amines) is 1. The van der Waals surface area contributed by atoms with E-state index in [0.29, 0.717) is 28.9 Å². The summed E-state index contributed by atoms with van der Waals surface area (Å²) in [6.45, 7) is 6.12. The number of rotatable bonds is 6. The molecule has 1 aromatic carbocycles. The first-order valence-electron chi connectivity index (χ1n) is 9.92. The van der Waals surface area contributed by atoms with Crippen LogP contribution in [0.25, 0.3) is 0 Å². The molecule has 7 nitrogen and oxygen atoms in total. The van der Waals surface area contributed by atoms with Crippen LogP contribution in [-0.2, 0) is 4.79 Å². The van der Waals surface area contributed by atoms with Gasteiger partial charge in [-0.25, -0.2) is 4.98 Å². The van der Waals surface area contributed by atoms with Gasteiger partial charge in [-0.1, -0.05) is 6.07 Å². The minimum absolute atomic E-state index is 0.00672. The zero-order valence-electron chi connectivity index (χ0n) is 17.1. The fourth-order valence-corrected chi connectivity index (χ4v) is 3.45. The van der Waals surface area contributed by atoms with Crippen molar-refractivity contribution in [3.63, 3.8) is 0 Å². The number of carbonyl (C=O) groups excluding carboxylic acids is 2. The number of pyridine rings is 1. The van der Waals surface area contributed by atoms with Gasteiger partial charge >= 0.3 is 0 Å². The third kappa shape index (κ3) is 5.54. The molecule has 0 radical (unpaired) electrons. The van der Waals surface area contributed by atoms with E-state index in [1.165, 1.54) is 13.3 Å². The molecule has 1 aliphatic heterocycles. The number of benzene rings is 1. The summed E-state index contributed by atoms with van der Waals surface area (Å²) in [4.78, 5) is 31.7. The highest BCUT2D eigenvalue weighted by Gasteiger charge is 2.27. The molecule has 1 unspecified atom stereocenters. The molecule has 1 aromatic heterocycles. The summed E-state index contributed by atoms with van der Waals surface area (Å²) in [6.07, 6.45) is 3.44. The van der Waals surface area contributed by atoms with E-state index < -0.39 is 0 Å². The largest absolute Gasteiger partial charge is 0.481 e. The van der Waals surface area contributed by atoms with Gasteiger partial charge in [-0.3, -0.25) is 9.59 Å². The first kappa shape index (κ1) is 20.8. The van der Waals surface area contributed by atoms with Crippen LogP contribution in [0.5, 0.6) is 5.88 Å². The molecule has 2 aromatic rings. The summed E-state index contributed by atoms with van der Waals surface area (Å²) in [5, 5.41) is 5.77. The fourth-order valence-electron chi connectivity index (χ4n) is 3.45. The van der Waals surface area contributed by atoms with E-state index in [9.17, 15) is 9.59 Å². The Hall–Kier alpha value is -2.93. The van der Waals surface area contributed by atoms with Gasteiger partial charge in [0.05, 0.1) is 24.9 Å². The van der Waals surface area contributed by atoms with E-state index in [2.05, 4.69) is 34.4 Å². The van der Waals surface area contributed by atoms with Crippen LogP contribution in [0.15, 0.2) is 42.6 Å². The molecule has 7 heteroatoms. The van der Waals surface area contributed by atoms with Gasteiger partial charge in [0, 0.05) is 29.9 Å². The van der Waals surface area contributed by atoms with E-state index in [-0.39, 0.29) is 17.7 Å². The average molecular weight is 396 g/mol. The molecule has 2 heterocycles. The summed E-state index contributed by atoms with van der Waals surface area (Å²) >= 11 is 0. The van der Waals surface area contributed by atoms with Crippen molar-refractivity contribution in [2.75, 3.05) is 30.8 Å². The van der Waals surface area contributed by atoms with Gasteiger partial charge in [0.25, 0.3) is 5.91 Å². The van der Waals surface area contributed by atoms with E-state index in [1.807, 2.05) is 0 Å². The molecule has 154 valence electrons. The van der Waals surface area contributed by atoms with Crippen LogP contribution in [0, 0.1) is 5.92 Å². The van der Waals surface area contributed by atoms with Gasteiger partial charge in [-0.05, 0) is 57.5 Å². The molecule has 0 aliphatic carbocycles. The molecule has 1 aliphatic rings. The lowest BCUT2D eigenvalue weighted by Gasteiger charge is -2.34. The number of carbonyl (C=O) groups is 2. The maximum Gasteiger partial charge on any atom is 0.255 e. The highest BCUT2D eigenvalue weighted by Crippen LogP contribution is 2.21. The normalized spacial score (nSPS) is 17.0. The average Bonchev–Trinajstić information content (AvgIpc) is 2.74. The van der Waals surface area contributed by atoms with Crippen molar-refractivity contribution >= 4 is 23.2 Å². The third-order valence-corrected chi connectivity index (χ3v) is 5.15. The second-order valence-electron chi connectivity index (χ2n) is 7.54. The second kappa shape index (κ2) is 9.52. The molecule has 1 atom stereocenters. The quantitative estimate of drug-likeness (QED) is 0.782. The smallest absolute Gasteiger partial charge is 0.255 e. The van der Waals surface area contributed by atoms with Crippen LogP contribution in [0.1, 0.15) is 37.0 Å². The SMILES string of the molecule is COc1ccc(NC(=O)c2cccc(NC(=O)C3CCCN(C(C)C)C3)c2)cn1. The Morgan fingerprint density at radius 1 is 1.17 bits per heavy atom. The molecule has 3 rings (SSSR count). The van der Waals surface area contributed by atoms with Crippen molar-refractivity contribution in [2.24, 2.45) is 5.92 Å². The summed E-state index contributed by atoms with van der Waals surface area (Å²) in [5.41, 5.74) is 1.66. The zero-order chi connectivity index (χ0) is 20.8. The Morgan fingerprint density at radius 3 is 2.69 bits per heavy atom. The van der Waals surface area contributed by atoms with E-state index in [0.717, 1.165) is 25.9 Å². The number of hydrogen-bond donors (Lipinski definition) is 2. The number of nitrogens with zero attached hydrogens (tertiary/aromatic N) is 2. The summed E-state index contributed by atoms with van der Waals surface area (Å²) < 4.78 is 5.01. The first-order chi connectivity index (χ1) is 14.0. The maximum atomic E-state index is 12.7. The van der Waals surface area contributed by atoms with E-state index in [4.69, 9.17) is 4.74 Å². The Kier molecular flexibility index (Phi) is 6.82. The number of hydrogen-bond acceptors (Lipinski definition) is 5. The van der Waals surface area contributed by atoms with Crippen LogP contribution in [0.3, 0.4) is 0 Å². The van der Waals surface area contributed by atoms with Crippen molar-refractivity contribution in [3.05, 3.63) is 48.2 Å². The van der Waals surface area contributed by atoms with Crippen LogP contribution in [0.2, 0.25) is 0 Å². The van der Waals surface area contributed by atoms with Gasteiger partial charge in [0.1, 0.15) is 0 Å². The maximum absolute atomic E-state index is 12.7. The first-order valence-corrected chi connectivity index (χ1v) is 9.92. The van der Waals surface area contributed by atoms with Crippen molar-refractivity contribution in [2.45, 2.75) is 32.7 Å². The molecule has 0 saturated carbocycles. The number of aromatic nitrogens is 1. The Balaban J connectivity index is 1.62. The minimum atomic E-state index is -0.267. The number of methoxy groups -OCH3 is 1.